The molecule has 0 radical (unpaired) electrons. The van der Waals surface area contributed by atoms with Crippen LogP contribution >= 0.6 is 11.3 Å². The molecular formula is C18H23FN4O4S2. The zero-order valence-corrected chi connectivity index (χ0v) is 18.2. The summed E-state index contributed by atoms with van der Waals surface area (Å²) < 4.78 is 37.3. The molecule has 3 amide bonds. The van der Waals surface area contributed by atoms with Gasteiger partial charge in [0, 0.05) is 19.8 Å². The number of halogens is 1. The van der Waals surface area contributed by atoms with Crippen LogP contribution in [0.1, 0.15) is 19.0 Å². The molecule has 0 aliphatic heterocycles. The van der Waals surface area contributed by atoms with E-state index in [2.05, 4.69) is 15.6 Å². The van der Waals surface area contributed by atoms with Gasteiger partial charge in [-0.3, -0.25) is 10.1 Å². The monoisotopic (exact) mass is 442 g/mol. The van der Waals surface area contributed by atoms with E-state index in [1.807, 2.05) is 6.92 Å². The Morgan fingerprint density at radius 3 is 2.59 bits per heavy atom. The van der Waals surface area contributed by atoms with Crippen molar-refractivity contribution in [1.29, 1.82) is 0 Å². The summed E-state index contributed by atoms with van der Waals surface area (Å²) in [6.45, 7) is 4.11. The summed E-state index contributed by atoms with van der Waals surface area (Å²) in [6.07, 6.45) is 1.76. The molecule has 0 saturated carbocycles. The van der Waals surface area contributed by atoms with Gasteiger partial charge in [-0.25, -0.2) is 22.6 Å². The number of hydrogen-bond acceptors (Lipinski definition) is 6. The van der Waals surface area contributed by atoms with Gasteiger partial charge in [0.25, 0.3) is 0 Å². The smallest absolute Gasteiger partial charge is 0.321 e. The summed E-state index contributed by atoms with van der Waals surface area (Å²) >= 11 is 1.12. The zero-order chi connectivity index (χ0) is 21.8. The Morgan fingerprint density at radius 1 is 1.31 bits per heavy atom. The van der Waals surface area contributed by atoms with Crippen molar-refractivity contribution in [2.24, 2.45) is 0 Å². The van der Waals surface area contributed by atoms with Gasteiger partial charge < -0.3 is 10.2 Å². The second kappa shape index (κ2) is 9.31. The van der Waals surface area contributed by atoms with Crippen LogP contribution in [0.3, 0.4) is 0 Å². The second-order valence-corrected chi connectivity index (χ2v) is 9.46. The van der Waals surface area contributed by atoms with E-state index >= 15 is 0 Å². The van der Waals surface area contributed by atoms with Gasteiger partial charge in [0.05, 0.1) is 17.1 Å². The van der Waals surface area contributed by atoms with Crippen molar-refractivity contribution in [2.45, 2.75) is 25.2 Å². The standard InChI is InChI=1S/C18H23FN4O4S2/c1-5-8-23(3)15(24)10-20-17(25)22-18-21-11(2)16(28-18)12-6-7-14(13(19)9-12)29(4,26)27/h6-7,9H,5,8,10H2,1-4H3,(H2,20,21,22,25). The van der Waals surface area contributed by atoms with Crippen LogP contribution in [0.2, 0.25) is 0 Å². The fourth-order valence-corrected chi connectivity index (χ4v) is 4.24. The van der Waals surface area contributed by atoms with E-state index in [9.17, 15) is 22.4 Å². The van der Waals surface area contributed by atoms with Gasteiger partial charge >= 0.3 is 6.03 Å². The molecule has 0 unspecified atom stereocenters. The van der Waals surface area contributed by atoms with Crippen molar-refractivity contribution >= 4 is 38.2 Å². The van der Waals surface area contributed by atoms with E-state index in [0.29, 0.717) is 22.7 Å². The first-order valence-corrected chi connectivity index (χ1v) is 11.5. The Balaban J connectivity index is 2.08. The highest BCUT2D eigenvalue weighted by molar-refractivity contribution is 7.90. The van der Waals surface area contributed by atoms with Crippen molar-refractivity contribution < 1.29 is 22.4 Å². The summed E-state index contributed by atoms with van der Waals surface area (Å²) in [5.74, 6) is -1.06. The number of rotatable bonds is 7. The molecule has 0 spiro atoms. The highest BCUT2D eigenvalue weighted by Crippen LogP contribution is 2.34. The molecule has 0 fully saturated rings. The average molecular weight is 443 g/mol. The summed E-state index contributed by atoms with van der Waals surface area (Å²) in [5, 5.41) is 5.29. The molecule has 0 saturated heterocycles. The lowest BCUT2D eigenvalue weighted by molar-refractivity contribution is -0.128. The molecule has 1 aromatic heterocycles. The maximum atomic E-state index is 14.2. The predicted molar refractivity (Wildman–Crippen MR) is 110 cm³/mol. The maximum Gasteiger partial charge on any atom is 0.321 e. The van der Waals surface area contributed by atoms with E-state index in [0.717, 1.165) is 30.1 Å². The molecule has 0 atom stereocenters. The normalized spacial score (nSPS) is 11.2. The van der Waals surface area contributed by atoms with Crippen LogP contribution in [0.15, 0.2) is 23.1 Å². The Morgan fingerprint density at radius 2 is 2.00 bits per heavy atom. The quantitative estimate of drug-likeness (QED) is 0.685. The highest BCUT2D eigenvalue weighted by atomic mass is 32.2. The fourth-order valence-electron chi connectivity index (χ4n) is 2.55. The molecule has 8 nitrogen and oxygen atoms in total. The van der Waals surface area contributed by atoms with E-state index in [4.69, 9.17) is 0 Å². The molecule has 2 rings (SSSR count). The SMILES string of the molecule is CCCN(C)C(=O)CNC(=O)Nc1nc(C)c(-c2ccc(S(C)(=O)=O)c(F)c2)s1. The number of anilines is 1. The minimum atomic E-state index is -3.66. The van der Waals surface area contributed by atoms with Crippen LogP contribution in [0, 0.1) is 12.7 Å². The summed E-state index contributed by atoms with van der Waals surface area (Å²) in [5.41, 5.74) is 1.00. The lowest BCUT2D eigenvalue weighted by Crippen LogP contribution is -2.40. The molecule has 0 aliphatic carbocycles. The zero-order valence-electron chi connectivity index (χ0n) is 16.6. The van der Waals surface area contributed by atoms with Crippen LogP contribution in [0.25, 0.3) is 10.4 Å². The Labute approximate surface area is 173 Å². The van der Waals surface area contributed by atoms with Crippen molar-refractivity contribution in [1.82, 2.24) is 15.2 Å². The summed E-state index contributed by atoms with van der Waals surface area (Å²) in [6, 6.07) is 3.24. The first-order chi connectivity index (χ1) is 13.5. The number of urea groups is 1. The largest absolute Gasteiger partial charge is 0.344 e. The van der Waals surface area contributed by atoms with E-state index < -0.39 is 21.7 Å². The van der Waals surface area contributed by atoms with Gasteiger partial charge in [0.1, 0.15) is 10.7 Å². The third kappa shape index (κ3) is 5.97. The van der Waals surface area contributed by atoms with Gasteiger partial charge in [-0.15, -0.1) is 0 Å². The predicted octanol–water partition coefficient (Wildman–Crippen LogP) is 2.65. The van der Waals surface area contributed by atoms with Crippen LogP contribution in [-0.2, 0) is 14.6 Å². The van der Waals surface area contributed by atoms with Crippen LogP contribution in [-0.4, -0.2) is 56.6 Å². The summed E-state index contributed by atoms with van der Waals surface area (Å²) in [7, 11) is -2.00. The van der Waals surface area contributed by atoms with E-state index in [1.165, 1.54) is 17.0 Å². The number of likely N-dealkylation sites (N-methyl/N-ethyl adjacent to an activating group) is 1. The van der Waals surface area contributed by atoms with E-state index in [1.54, 1.807) is 14.0 Å². The number of nitrogens with zero attached hydrogens (tertiary/aromatic N) is 2. The summed E-state index contributed by atoms with van der Waals surface area (Å²) in [4.78, 5) is 29.8. The minimum absolute atomic E-state index is 0.141. The first-order valence-electron chi connectivity index (χ1n) is 8.79. The molecule has 11 heteroatoms. The van der Waals surface area contributed by atoms with Gasteiger partial charge in [0.2, 0.25) is 5.91 Å². The molecule has 2 aromatic rings. The number of aryl methyl sites for hydroxylation is 1. The third-order valence-electron chi connectivity index (χ3n) is 4.00. The van der Waals surface area contributed by atoms with Crippen LogP contribution in [0.4, 0.5) is 14.3 Å². The van der Waals surface area contributed by atoms with E-state index in [-0.39, 0.29) is 22.5 Å². The number of carbonyl (C=O) groups is 2. The molecular weight excluding hydrogens is 419 g/mol. The average Bonchev–Trinajstić information content (AvgIpc) is 2.98. The molecule has 0 aliphatic rings. The molecule has 2 N–H and O–H groups in total. The number of aromatic nitrogens is 1. The van der Waals surface area contributed by atoms with Gasteiger partial charge in [-0.05, 0) is 31.0 Å². The molecule has 0 bridgehead atoms. The van der Waals surface area contributed by atoms with Crippen molar-refractivity contribution in [3.8, 4) is 10.4 Å². The topological polar surface area (TPSA) is 108 Å². The third-order valence-corrected chi connectivity index (χ3v) is 6.25. The number of sulfone groups is 1. The number of amides is 3. The van der Waals surface area contributed by atoms with Crippen LogP contribution < -0.4 is 10.6 Å². The Kier molecular flexibility index (Phi) is 7.31. The lowest BCUT2D eigenvalue weighted by Gasteiger charge is -2.16. The lowest BCUT2D eigenvalue weighted by atomic mass is 10.1. The second-order valence-electron chi connectivity index (χ2n) is 6.47. The van der Waals surface area contributed by atoms with Gasteiger partial charge in [-0.2, -0.15) is 0 Å². The number of hydrogen-bond donors (Lipinski definition) is 2. The molecule has 1 aromatic carbocycles. The number of thiazole rings is 1. The molecule has 29 heavy (non-hydrogen) atoms. The fraction of sp³-hybridized carbons (Fsp3) is 0.389. The van der Waals surface area contributed by atoms with Crippen molar-refractivity contribution in [2.75, 3.05) is 31.7 Å². The van der Waals surface area contributed by atoms with Crippen LogP contribution in [0.5, 0.6) is 0 Å². The Hall–Kier alpha value is -2.53. The van der Waals surface area contributed by atoms with Gasteiger partial charge in [-0.1, -0.05) is 24.3 Å². The number of nitrogens with one attached hydrogen (secondary N) is 2. The highest BCUT2D eigenvalue weighted by Gasteiger charge is 2.18. The Bertz CT molecular complexity index is 1020. The first kappa shape index (κ1) is 22.8. The van der Waals surface area contributed by atoms with Gasteiger partial charge in [0.15, 0.2) is 15.0 Å². The number of carbonyl (C=O) groups excluding carboxylic acids is 2. The van der Waals surface area contributed by atoms with Crippen molar-refractivity contribution in [3.05, 3.63) is 29.7 Å². The van der Waals surface area contributed by atoms with Crippen molar-refractivity contribution in [3.63, 3.8) is 0 Å². The molecule has 1 heterocycles. The maximum absolute atomic E-state index is 14.2. The number of benzene rings is 1. The molecule has 158 valence electrons. The minimum Gasteiger partial charge on any atom is -0.344 e.